The maximum atomic E-state index is 5.78. The van der Waals surface area contributed by atoms with Crippen molar-refractivity contribution in [3.05, 3.63) is 0 Å². The number of nitrogens with two attached hydrogens (primary N) is 1. The second kappa shape index (κ2) is 6.72. The predicted molar refractivity (Wildman–Crippen MR) is 62.2 cm³/mol. The van der Waals surface area contributed by atoms with Gasteiger partial charge in [-0.2, -0.15) is 11.8 Å². The summed E-state index contributed by atoms with van der Waals surface area (Å²) in [6.45, 7) is 3.17. The molecule has 78 valence electrons. The second-order valence-corrected chi connectivity index (χ2v) is 5.39. The molecule has 2 unspecified atom stereocenters. The molecule has 1 aliphatic carbocycles. The average Bonchev–Trinajstić information content (AvgIpc) is 2.19. The number of rotatable bonds is 5. The molecular weight excluding hydrogens is 178 g/mol. The molecule has 0 spiro atoms. The summed E-state index contributed by atoms with van der Waals surface area (Å²) in [5.74, 6) is 2.16. The quantitative estimate of drug-likeness (QED) is 0.692. The van der Waals surface area contributed by atoms with E-state index in [4.69, 9.17) is 5.73 Å². The zero-order valence-electron chi connectivity index (χ0n) is 8.80. The normalized spacial score (nSPS) is 29.1. The summed E-state index contributed by atoms with van der Waals surface area (Å²) in [5, 5.41) is 0.880. The zero-order valence-corrected chi connectivity index (χ0v) is 9.61. The Labute approximate surface area is 86.8 Å². The van der Waals surface area contributed by atoms with Crippen LogP contribution >= 0.6 is 11.8 Å². The number of hydrogen-bond donors (Lipinski definition) is 1. The topological polar surface area (TPSA) is 26.0 Å². The Bertz CT molecular complexity index is 127. The van der Waals surface area contributed by atoms with Gasteiger partial charge in [-0.1, -0.05) is 26.2 Å². The maximum absolute atomic E-state index is 5.78. The van der Waals surface area contributed by atoms with Gasteiger partial charge in [0.05, 0.1) is 0 Å². The molecule has 0 heterocycles. The van der Waals surface area contributed by atoms with Crippen molar-refractivity contribution in [2.24, 2.45) is 11.7 Å². The van der Waals surface area contributed by atoms with Gasteiger partial charge in [-0.05, 0) is 37.5 Å². The Balaban J connectivity index is 2.19. The van der Waals surface area contributed by atoms with E-state index in [1.54, 1.807) is 0 Å². The average molecular weight is 201 g/mol. The highest BCUT2D eigenvalue weighted by Crippen LogP contribution is 2.33. The van der Waals surface area contributed by atoms with Gasteiger partial charge in [0.2, 0.25) is 0 Å². The van der Waals surface area contributed by atoms with Crippen LogP contribution in [-0.2, 0) is 0 Å². The van der Waals surface area contributed by atoms with Gasteiger partial charge in [-0.3, -0.25) is 0 Å². The van der Waals surface area contributed by atoms with Crippen molar-refractivity contribution in [2.75, 3.05) is 12.3 Å². The summed E-state index contributed by atoms with van der Waals surface area (Å²) in [4.78, 5) is 0. The van der Waals surface area contributed by atoms with Gasteiger partial charge >= 0.3 is 0 Å². The van der Waals surface area contributed by atoms with Crippen molar-refractivity contribution in [1.29, 1.82) is 0 Å². The Morgan fingerprint density at radius 1 is 1.31 bits per heavy atom. The van der Waals surface area contributed by atoms with Crippen molar-refractivity contribution in [3.8, 4) is 0 Å². The number of thioether (sulfide) groups is 1. The molecule has 0 radical (unpaired) electrons. The summed E-state index contributed by atoms with van der Waals surface area (Å²) in [6.07, 6.45) is 8.33. The first kappa shape index (κ1) is 11.4. The molecular formula is C11H23NS. The molecule has 0 bridgehead atoms. The predicted octanol–water partition coefficient (Wildman–Crippen LogP) is 3.04. The maximum Gasteiger partial charge on any atom is 0.00873 e. The van der Waals surface area contributed by atoms with E-state index in [1.807, 2.05) is 0 Å². The van der Waals surface area contributed by atoms with Crippen LogP contribution in [0.2, 0.25) is 0 Å². The first-order valence-electron chi connectivity index (χ1n) is 5.70. The molecule has 1 rings (SSSR count). The lowest BCUT2D eigenvalue weighted by Gasteiger charge is -2.30. The largest absolute Gasteiger partial charge is 0.330 e. The molecule has 1 nitrogen and oxygen atoms in total. The lowest BCUT2D eigenvalue weighted by Crippen LogP contribution is -2.29. The fraction of sp³-hybridized carbons (Fsp3) is 1.00. The van der Waals surface area contributed by atoms with Crippen LogP contribution in [0.25, 0.3) is 0 Å². The molecule has 0 aromatic heterocycles. The van der Waals surface area contributed by atoms with Gasteiger partial charge in [0.1, 0.15) is 0 Å². The summed E-state index contributed by atoms with van der Waals surface area (Å²) in [6, 6.07) is 0. The number of hydrogen-bond acceptors (Lipinski definition) is 2. The molecule has 1 saturated carbocycles. The lowest BCUT2D eigenvalue weighted by atomic mass is 9.89. The van der Waals surface area contributed by atoms with E-state index >= 15 is 0 Å². The molecule has 2 atom stereocenters. The highest BCUT2D eigenvalue weighted by atomic mass is 32.2. The minimum absolute atomic E-state index is 0.815. The van der Waals surface area contributed by atoms with Crippen LogP contribution in [0.15, 0.2) is 0 Å². The summed E-state index contributed by atoms with van der Waals surface area (Å²) >= 11 is 2.17. The second-order valence-electron chi connectivity index (χ2n) is 4.04. The monoisotopic (exact) mass is 201 g/mol. The summed E-state index contributed by atoms with van der Waals surface area (Å²) in [5.41, 5.74) is 5.78. The molecule has 0 aromatic carbocycles. The van der Waals surface area contributed by atoms with Crippen LogP contribution < -0.4 is 5.73 Å². The minimum Gasteiger partial charge on any atom is -0.330 e. The zero-order chi connectivity index (χ0) is 9.52. The van der Waals surface area contributed by atoms with E-state index in [2.05, 4.69) is 18.7 Å². The Morgan fingerprint density at radius 3 is 2.77 bits per heavy atom. The first-order chi connectivity index (χ1) is 6.38. The standard InChI is InChI=1S/C11H23NS/c1-2-3-8-13-11-7-5-4-6-10(11)9-12/h10-11H,2-9,12H2,1H3. The third-order valence-electron chi connectivity index (χ3n) is 2.97. The van der Waals surface area contributed by atoms with Gasteiger partial charge in [-0.25, -0.2) is 0 Å². The van der Waals surface area contributed by atoms with Gasteiger partial charge in [0, 0.05) is 5.25 Å². The Kier molecular flexibility index (Phi) is 5.88. The van der Waals surface area contributed by atoms with Crippen LogP contribution in [0.3, 0.4) is 0 Å². The lowest BCUT2D eigenvalue weighted by molar-refractivity contribution is 0.378. The summed E-state index contributed by atoms with van der Waals surface area (Å²) in [7, 11) is 0. The van der Waals surface area contributed by atoms with Crippen LogP contribution in [0.1, 0.15) is 45.4 Å². The molecule has 13 heavy (non-hydrogen) atoms. The molecule has 0 aliphatic heterocycles. The number of unbranched alkanes of at least 4 members (excludes halogenated alkanes) is 1. The van der Waals surface area contributed by atoms with Crippen molar-refractivity contribution >= 4 is 11.8 Å². The first-order valence-corrected chi connectivity index (χ1v) is 6.75. The van der Waals surface area contributed by atoms with Gasteiger partial charge in [-0.15, -0.1) is 0 Å². The van der Waals surface area contributed by atoms with Crippen molar-refractivity contribution in [2.45, 2.75) is 50.7 Å². The molecule has 2 heteroatoms. The molecule has 1 aliphatic rings. The highest BCUT2D eigenvalue weighted by molar-refractivity contribution is 7.99. The third kappa shape index (κ3) is 3.90. The summed E-state index contributed by atoms with van der Waals surface area (Å²) < 4.78 is 0. The van der Waals surface area contributed by atoms with Crippen LogP contribution in [-0.4, -0.2) is 17.5 Å². The molecule has 1 fully saturated rings. The molecule has 0 amide bonds. The smallest absolute Gasteiger partial charge is 0.00873 e. The Morgan fingerprint density at radius 2 is 2.08 bits per heavy atom. The fourth-order valence-corrected chi connectivity index (χ4v) is 3.65. The molecule has 2 N–H and O–H groups in total. The van der Waals surface area contributed by atoms with E-state index in [1.165, 1.54) is 44.3 Å². The van der Waals surface area contributed by atoms with Gasteiger partial charge < -0.3 is 5.73 Å². The van der Waals surface area contributed by atoms with E-state index in [0.29, 0.717) is 0 Å². The third-order valence-corrected chi connectivity index (χ3v) is 4.55. The van der Waals surface area contributed by atoms with Crippen LogP contribution in [0.5, 0.6) is 0 Å². The molecule has 0 saturated heterocycles. The van der Waals surface area contributed by atoms with E-state index in [0.717, 1.165) is 17.7 Å². The van der Waals surface area contributed by atoms with E-state index < -0.39 is 0 Å². The van der Waals surface area contributed by atoms with E-state index in [9.17, 15) is 0 Å². The van der Waals surface area contributed by atoms with Crippen LogP contribution in [0, 0.1) is 5.92 Å². The highest BCUT2D eigenvalue weighted by Gasteiger charge is 2.23. The van der Waals surface area contributed by atoms with Gasteiger partial charge in [0.25, 0.3) is 0 Å². The van der Waals surface area contributed by atoms with E-state index in [-0.39, 0.29) is 0 Å². The SMILES string of the molecule is CCCCSC1CCCCC1CN. The van der Waals surface area contributed by atoms with Crippen molar-refractivity contribution < 1.29 is 0 Å². The minimum atomic E-state index is 0.815. The van der Waals surface area contributed by atoms with Crippen molar-refractivity contribution in [3.63, 3.8) is 0 Å². The van der Waals surface area contributed by atoms with Gasteiger partial charge in [0.15, 0.2) is 0 Å². The molecule has 0 aromatic rings. The Hall–Kier alpha value is 0.310. The fourth-order valence-electron chi connectivity index (χ4n) is 2.04. The van der Waals surface area contributed by atoms with Crippen LogP contribution in [0.4, 0.5) is 0 Å². The van der Waals surface area contributed by atoms with Crippen molar-refractivity contribution in [1.82, 2.24) is 0 Å².